The van der Waals surface area contributed by atoms with Gasteiger partial charge >= 0.3 is 0 Å². The number of amides is 1. The minimum Gasteiger partial charge on any atom is -0.345 e. The number of nitrogens with zero attached hydrogens (tertiary/aromatic N) is 5. The molecule has 0 aliphatic rings. The standard InChI is InChI=1S/C19H18N6O2/c1-3-15-21-19(27-24-15)13-8-9-25-16(10-13)22-23-17(25)11-20-18(26)14-7-5-4-6-12(14)2/h4-10H,3,11H2,1-2H3,(H,20,26). The van der Waals surface area contributed by atoms with Gasteiger partial charge in [-0.2, -0.15) is 4.98 Å². The molecule has 0 atom stereocenters. The Morgan fingerprint density at radius 2 is 2.07 bits per heavy atom. The Balaban J connectivity index is 1.53. The lowest BCUT2D eigenvalue weighted by Gasteiger charge is -2.06. The first-order valence-electron chi connectivity index (χ1n) is 8.66. The number of rotatable bonds is 5. The Labute approximate surface area is 155 Å². The van der Waals surface area contributed by atoms with Crippen molar-refractivity contribution in [1.82, 2.24) is 30.1 Å². The Bertz CT molecular complexity index is 1110. The fourth-order valence-corrected chi connectivity index (χ4v) is 2.79. The molecule has 4 rings (SSSR count). The van der Waals surface area contributed by atoms with E-state index in [-0.39, 0.29) is 12.5 Å². The molecule has 8 heteroatoms. The summed E-state index contributed by atoms with van der Waals surface area (Å²) in [5.41, 5.74) is 3.00. The summed E-state index contributed by atoms with van der Waals surface area (Å²) in [4.78, 5) is 16.7. The lowest BCUT2D eigenvalue weighted by Crippen LogP contribution is -2.24. The summed E-state index contributed by atoms with van der Waals surface area (Å²) in [5, 5.41) is 15.1. The molecule has 3 heterocycles. The Morgan fingerprint density at radius 1 is 1.22 bits per heavy atom. The molecule has 1 amide bonds. The Kier molecular flexibility index (Phi) is 4.37. The Hall–Kier alpha value is -3.55. The SMILES string of the molecule is CCc1noc(-c2ccn3c(CNC(=O)c4ccccc4C)nnc3c2)n1. The van der Waals surface area contributed by atoms with Crippen LogP contribution in [-0.2, 0) is 13.0 Å². The van der Waals surface area contributed by atoms with Gasteiger partial charge in [0.2, 0.25) is 0 Å². The highest BCUT2D eigenvalue weighted by Crippen LogP contribution is 2.19. The van der Waals surface area contributed by atoms with E-state index >= 15 is 0 Å². The molecule has 0 saturated heterocycles. The number of benzene rings is 1. The topological polar surface area (TPSA) is 98.2 Å². The summed E-state index contributed by atoms with van der Waals surface area (Å²) in [6, 6.07) is 11.1. The molecule has 0 aliphatic carbocycles. The first kappa shape index (κ1) is 16.9. The van der Waals surface area contributed by atoms with Gasteiger partial charge in [-0.1, -0.05) is 30.3 Å². The second-order valence-electron chi connectivity index (χ2n) is 6.13. The van der Waals surface area contributed by atoms with Crippen LogP contribution in [0.5, 0.6) is 0 Å². The van der Waals surface area contributed by atoms with Crippen molar-refractivity contribution in [3.05, 3.63) is 65.4 Å². The van der Waals surface area contributed by atoms with Crippen LogP contribution in [-0.4, -0.2) is 30.6 Å². The minimum atomic E-state index is -0.139. The summed E-state index contributed by atoms with van der Waals surface area (Å²) in [5.74, 6) is 1.61. The van der Waals surface area contributed by atoms with Gasteiger partial charge in [0.05, 0.1) is 6.54 Å². The predicted octanol–water partition coefficient (Wildman–Crippen LogP) is 2.58. The second-order valence-corrected chi connectivity index (χ2v) is 6.13. The van der Waals surface area contributed by atoms with Crippen LogP contribution in [0, 0.1) is 6.92 Å². The number of pyridine rings is 1. The molecular formula is C19H18N6O2. The molecule has 0 saturated carbocycles. The van der Waals surface area contributed by atoms with Crippen LogP contribution in [0.25, 0.3) is 17.1 Å². The van der Waals surface area contributed by atoms with Crippen molar-refractivity contribution in [3.8, 4) is 11.5 Å². The highest BCUT2D eigenvalue weighted by atomic mass is 16.5. The Morgan fingerprint density at radius 3 is 2.85 bits per heavy atom. The molecule has 0 radical (unpaired) electrons. The molecule has 136 valence electrons. The molecule has 0 unspecified atom stereocenters. The first-order valence-corrected chi connectivity index (χ1v) is 8.66. The number of aromatic nitrogens is 5. The maximum atomic E-state index is 12.4. The van der Waals surface area contributed by atoms with E-state index in [0.717, 1.165) is 11.1 Å². The van der Waals surface area contributed by atoms with E-state index in [9.17, 15) is 4.79 Å². The molecule has 0 bridgehead atoms. The van der Waals surface area contributed by atoms with Crippen molar-refractivity contribution in [3.63, 3.8) is 0 Å². The maximum absolute atomic E-state index is 12.4. The molecule has 0 fully saturated rings. The van der Waals surface area contributed by atoms with Crippen molar-refractivity contribution in [1.29, 1.82) is 0 Å². The summed E-state index contributed by atoms with van der Waals surface area (Å²) in [7, 11) is 0. The van der Waals surface area contributed by atoms with E-state index in [0.29, 0.717) is 35.2 Å². The van der Waals surface area contributed by atoms with Crippen molar-refractivity contribution < 1.29 is 9.32 Å². The molecule has 1 aromatic carbocycles. The average molecular weight is 362 g/mol. The highest BCUT2D eigenvalue weighted by Gasteiger charge is 2.13. The molecule has 27 heavy (non-hydrogen) atoms. The van der Waals surface area contributed by atoms with Gasteiger partial charge in [-0.3, -0.25) is 9.20 Å². The van der Waals surface area contributed by atoms with Gasteiger partial charge in [-0.15, -0.1) is 10.2 Å². The molecule has 3 aromatic heterocycles. The average Bonchev–Trinajstić information content (AvgIpc) is 3.33. The zero-order valence-corrected chi connectivity index (χ0v) is 15.0. The van der Waals surface area contributed by atoms with Crippen molar-refractivity contribution in [2.75, 3.05) is 0 Å². The zero-order chi connectivity index (χ0) is 18.8. The number of carbonyl (C=O) groups is 1. The fourth-order valence-electron chi connectivity index (χ4n) is 2.79. The summed E-state index contributed by atoms with van der Waals surface area (Å²) in [6.45, 7) is 4.15. The molecule has 0 spiro atoms. The number of carbonyl (C=O) groups excluding carboxylic acids is 1. The number of aryl methyl sites for hydroxylation is 2. The molecule has 8 nitrogen and oxygen atoms in total. The normalized spacial score (nSPS) is 11.0. The van der Waals surface area contributed by atoms with Gasteiger partial charge in [0.25, 0.3) is 11.8 Å². The van der Waals surface area contributed by atoms with Gasteiger partial charge in [0.15, 0.2) is 17.3 Å². The van der Waals surface area contributed by atoms with E-state index < -0.39 is 0 Å². The van der Waals surface area contributed by atoms with Crippen molar-refractivity contribution in [2.45, 2.75) is 26.8 Å². The molecule has 1 N–H and O–H groups in total. The largest absolute Gasteiger partial charge is 0.345 e. The highest BCUT2D eigenvalue weighted by molar-refractivity contribution is 5.95. The molecule has 4 aromatic rings. The summed E-state index contributed by atoms with van der Waals surface area (Å²) >= 11 is 0. The van der Waals surface area contributed by atoms with Crippen LogP contribution < -0.4 is 5.32 Å². The quantitative estimate of drug-likeness (QED) is 0.586. The van der Waals surface area contributed by atoms with Crippen LogP contribution in [0.3, 0.4) is 0 Å². The zero-order valence-electron chi connectivity index (χ0n) is 15.0. The molecular weight excluding hydrogens is 344 g/mol. The smallest absolute Gasteiger partial charge is 0.258 e. The summed E-state index contributed by atoms with van der Waals surface area (Å²) in [6.07, 6.45) is 2.54. The van der Waals surface area contributed by atoms with Gasteiger partial charge in [0.1, 0.15) is 0 Å². The van der Waals surface area contributed by atoms with Crippen LogP contribution in [0.15, 0.2) is 47.1 Å². The first-order chi connectivity index (χ1) is 13.2. The minimum absolute atomic E-state index is 0.139. The number of hydrogen-bond acceptors (Lipinski definition) is 6. The fraction of sp³-hybridized carbons (Fsp3) is 0.211. The van der Waals surface area contributed by atoms with Crippen LogP contribution in [0.2, 0.25) is 0 Å². The van der Waals surface area contributed by atoms with E-state index in [1.807, 2.05) is 54.8 Å². The van der Waals surface area contributed by atoms with Gasteiger partial charge < -0.3 is 9.84 Å². The van der Waals surface area contributed by atoms with E-state index in [2.05, 4.69) is 25.7 Å². The third kappa shape index (κ3) is 3.29. The van der Waals surface area contributed by atoms with E-state index in [4.69, 9.17) is 4.52 Å². The van der Waals surface area contributed by atoms with Gasteiger partial charge in [-0.05, 0) is 30.7 Å². The number of nitrogens with one attached hydrogen (secondary N) is 1. The van der Waals surface area contributed by atoms with E-state index in [1.165, 1.54) is 0 Å². The van der Waals surface area contributed by atoms with Crippen molar-refractivity contribution in [2.24, 2.45) is 0 Å². The number of hydrogen-bond donors (Lipinski definition) is 1. The van der Waals surface area contributed by atoms with Gasteiger partial charge in [0, 0.05) is 23.7 Å². The number of fused-ring (bicyclic) bond motifs is 1. The molecule has 0 aliphatic heterocycles. The third-order valence-corrected chi connectivity index (χ3v) is 4.31. The lowest BCUT2D eigenvalue weighted by molar-refractivity contribution is 0.0949. The predicted molar refractivity (Wildman–Crippen MR) is 98.0 cm³/mol. The van der Waals surface area contributed by atoms with Crippen molar-refractivity contribution >= 4 is 11.6 Å². The third-order valence-electron chi connectivity index (χ3n) is 4.31. The van der Waals surface area contributed by atoms with E-state index in [1.54, 1.807) is 6.07 Å². The monoisotopic (exact) mass is 362 g/mol. The van der Waals surface area contributed by atoms with Crippen LogP contribution in [0.4, 0.5) is 0 Å². The van der Waals surface area contributed by atoms with Crippen LogP contribution in [0.1, 0.15) is 34.5 Å². The van der Waals surface area contributed by atoms with Gasteiger partial charge in [-0.25, -0.2) is 0 Å². The second kappa shape index (κ2) is 6.99. The maximum Gasteiger partial charge on any atom is 0.258 e. The summed E-state index contributed by atoms with van der Waals surface area (Å²) < 4.78 is 7.08. The lowest BCUT2D eigenvalue weighted by atomic mass is 10.1. The van der Waals surface area contributed by atoms with Crippen LogP contribution >= 0.6 is 0 Å².